The highest BCUT2D eigenvalue weighted by molar-refractivity contribution is 5.75. The maximum atomic E-state index is 12.8. The van der Waals surface area contributed by atoms with Gasteiger partial charge in [0.15, 0.2) is 0 Å². The number of benzene rings is 1. The Hall–Kier alpha value is -1.44. The first-order valence-electron chi connectivity index (χ1n) is 3.15. The molecule has 1 rings (SSSR count). The first kappa shape index (κ1) is 7.66. The van der Waals surface area contributed by atoms with Gasteiger partial charge >= 0.3 is 0 Å². The molecule has 0 aliphatic rings. The van der Waals surface area contributed by atoms with Crippen molar-refractivity contribution in [1.82, 2.24) is 0 Å². The zero-order valence-corrected chi connectivity index (χ0v) is 5.88. The van der Waals surface area contributed by atoms with E-state index < -0.39 is 5.82 Å². The molecule has 0 heterocycles. The number of hydrogen-bond donors (Lipinski definition) is 0. The molecule has 56 valence electrons. The van der Waals surface area contributed by atoms with Crippen LogP contribution >= 0.6 is 0 Å². The predicted octanol–water partition coefficient (Wildman–Crippen LogP) is 2.28. The van der Waals surface area contributed by atoms with Crippen molar-refractivity contribution >= 4 is 12.4 Å². The molecule has 1 nitrogen and oxygen atoms in total. The average molecular weight is 150 g/mol. The number of carbonyl (C=O) groups excluding carboxylic acids is 1. The summed E-state index contributed by atoms with van der Waals surface area (Å²) in [7, 11) is 0. The Morgan fingerprint density at radius 3 is 2.64 bits per heavy atom. The quantitative estimate of drug-likeness (QED) is 0.591. The lowest BCUT2D eigenvalue weighted by molar-refractivity contribution is 0.112. The number of carbonyl (C=O) groups is 1. The van der Waals surface area contributed by atoms with Crippen molar-refractivity contribution in [3.8, 4) is 0 Å². The normalized spacial score (nSPS) is 9.18. The van der Waals surface area contributed by atoms with Crippen LogP contribution in [0, 0.1) is 5.82 Å². The molecule has 0 amide bonds. The lowest BCUT2D eigenvalue weighted by Gasteiger charge is -1.95. The fourth-order valence-corrected chi connectivity index (χ4v) is 0.782. The van der Waals surface area contributed by atoms with E-state index in [1.807, 2.05) is 0 Å². The van der Waals surface area contributed by atoms with Gasteiger partial charge in [-0.15, -0.1) is 0 Å². The van der Waals surface area contributed by atoms with Crippen LogP contribution in [0.1, 0.15) is 15.9 Å². The molecule has 0 N–H and O–H groups in total. The van der Waals surface area contributed by atoms with Crippen molar-refractivity contribution in [2.45, 2.75) is 0 Å². The zero-order valence-electron chi connectivity index (χ0n) is 5.88. The minimum atomic E-state index is -0.412. The zero-order chi connectivity index (χ0) is 8.27. The fourth-order valence-electron chi connectivity index (χ4n) is 0.782. The molecule has 0 aliphatic carbocycles. The van der Waals surface area contributed by atoms with E-state index in [2.05, 4.69) is 6.58 Å². The number of aldehydes is 1. The topological polar surface area (TPSA) is 17.1 Å². The highest BCUT2D eigenvalue weighted by Crippen LogP contribution is 2.09. The van der Waals surface area contributed by atoms with Crippen LogP contribution in [0.4, 0.5) is 4.39 Å². The van der Waals surface area contributed by atoms with Crippen molar-refractivity contribution in [3.05, 3.63) is 41.7 Å². The molecule has 0 saturated heterocycles. The fraction of sp³-hybridized carbons (Fsp3) is 0. The summed E-state index contributed by atoms with van der Waals surface area (Å²) in [6.07, 6.45) is 2.01. The van der Waals surface area contributed by atoms with E-state index in [4.69, 9.17) is 0 Å². The van der Waals surface area contributed by atoms with E-state index in [0.29, 0.717) is 17.4 Å². The van der Waals surface area contributed by atoms with Crippen molar-refractivity contribution in [2.75, 3.05) is 0 Å². The Balaban J connectivity index is 3.18. The Bertz CT molecular complexity index is 292. The van der Waals surface area contributed by atoms with Crippen molar-refractivity contribution in [1.29, 1.82) is 0 Å². The molecule has 0 saturated carbocycles. The van der Waals surface area contributed by atoms with E-state index in [1.54, 1.807) is 6.07 Å². The van der Waals surface area contributed by atoms with Gasteiger partial charge in [0.1, 0.15) is 12.1 Å². The lowest BCUT2D eigenvalue weighted by Crippen LogP contribution is -1.85. The summed E-state index contributed by atoms with van der Waals surface area (Å²) in [6, 6.07) is 4.25. The predicted molar refractivity (Wildman–Crippen MR) is 41.9 cm³/mol. The molecule has 0 fully saturated rings. The standard InChI is InChI=1S/C9H7FO/c1-2-8-4-3-7(6-11)5-9(8)10/h2-6H,1H2. The first-order valence-corrected chi connectivity index (χ1v) is 3.15. The van der Waals surface area contributed by atoms with E-state index in [0.717, 1.165) is 0 Å². The van der Waals surface area contributed by atoms with Crippen LogP contribution < -0.4 is 0 Å². The van der Waals surface area contributed by atoms with Gasteiger partial charge in [-0.3, -0.25) is 4.79 Å². The van der Waals surface area contributed by atoms with Crippen LogP contribution in [0.5, 0.6) is 0 Å². The molecule has 0 radical (unpaired) electrons. The summed E-state index contributed by atoms with van der Waals surface area (Å²) in [5, 5.41) is 0. The molecule has 1 aromatic carbocycles. The number of hydrogen-bond acceptors (Lipinski definition) is 1. The largest absolute Gasteiger partial charge is 0.298 e. The second-order valence-electron chi connectivity index (χ2n) is 2.10. The van der Waals surface area contributed by atoms with Gasteiger partial charge < -0.3 is 0 Å². The monoisotopic (exact) mass is 150 g/mol. The van der Waals surface area contributed by atoms with Gasteiger partial charge in [0.2, 0.25) is 0 Å². The Labute approximate surface area is 64.2 Å². The molecule has 2 heteroatoms. The second-order valence-corrected chi connectivity index (χ2v) is 2.10. The summed E-state index contributed by atoms with van der Waals surface area (Å²) in [5.41, 5.74) is 0.753. The van der Waals surface area contributed by atoms with E-state index in [9.17, 15) is 9.18 Å². The molecule has 1 aromatic rings. The van der Waals surface area contributed by atoms with Crippen molar-refractivity contribution in [3.63, 3.8) is 0 Å². The molecule has 11 heavy (non-hydrogen) atoms. The van der Waals surface area contributed by atoms with Gasteiger partial charge in [-0.2, -0.15) is 0 Å². The minimum Gasteiger partial charge on any atom is -0.298 e. The molecule has 0 atom stereocenters. The van der Waals surface area contributed by atoms with Gasteiger partial charge in [-0.05, 0) is 6.07 Å². The maximum absolute atomic E-state index is 12.8. The van der Waals surface area contributed by atoms with Crippen LogP contribution in [-0.4, -0.2) is 6.29 Å². The van der Waals surface area contributed by atoms with Crippen LogP contribution in [-0.2, 0) is 0 Å². The molecule has 0 spiro atoms. The SMILES string of the molecule is C=Cc1ccc(C=O)cc1F. The molecule has 0 bridgehead atoms. The minimum absolute atomic E-state index is 0.341. The number of halogens is 1. The van der Waals surface area contributed by atoms with Crippen LogP contribution in [0.15, 0.2) is 24.8 Å². The van der Waals surface area contributed by atoms with Crippen LogP contribution in [0.3, 0.4) is 0 Å². The van der Waals surface area contributed by atoms with Crippen LogP contribution in [0.25, 0.3) is 6.08 Å². The van der Waals surface area contributed by atoms with E-state index in [1.165, 1.54) is 18.2 Å². The van der Waals surface area contributed by atoms with Gasteiger partial charge in [-0.1, -0.05) is 24.8 Å². The third kappa shape index (κ3) is 1.52. The smallest absolute Gasteiger partial charge is 0.150 e. The summed E-state index contributed by atoms with van der Waals surface area (Å²) < 4.78 is 12.8. The molecule has 0 aliphatic heterocycles. The third-order valence-electron chi connectivity index (χ3n) is 1.38. The second kappa shape index (κ2) is 3.10. The summed E-state index contributed by atoms with van der Waals surface area (Å²) in [6.45, 7) is 3.42. The van der Waals surface area contributed by atoms with Crippen molar-refractivity contribution in [2.24, 2.45) is 0 Å². The van der Waals surface area contributed by atoms with E-state index >= 15 is 0 Å². The molecule has 0 aromatic heterocycles. The van der Waals surface area contributed by atoms with Gasteiger partial charge in [0.05, 0.1) is 0 Å². The van der Waals surface area contributed by atoms with Gasteiger partial charge in [0, 0.05) is 11.1 Å². The Morgan fingerprint density at radius 1 is 1.45 bits per heavy atom. The lowest BCUT2D eigenvalue weighted by atomic mass is 10.1. The molecule has 0 unspecified atom stereocenters. The molecular formula is C9H7FO. The van der Waals surface area contributed by atoms with Gasteiger partial charge in [0.25, 0.3) is 0 Å². The highest BCUT2D eigenvalue weighted by atomic mass is 19.1. The van der Waals surface area contributed by atoms with Crippen molar-refractivity contribution < 1.29 is 9.18 Å². The average Bonchev–Trinajstić information content (AvgIpc) is 2.04. The number of rotatable bonds is 2. The maximum Gasteiger partial charge on any atom is 0.150 e. The third-order valence-corrected chi connectivity index (χ3v) is 1.38. The highest BCUT2D eigenvalue weighted by Gasteiger charge is 1.98. The first-order chi connectivity index (χ1) is 5.27. The van der Waals surface area contributed by atoms with Crippen LogP contribution in [0.2, 0.25) is 0 Å². The summed E-state index contributed by atoms with van der Waals surface area (Å²) >= 11 is 0. The molecular weight excluding hydrogens is 143 g/mol. The van der Waals surface area contributed by atoms with Gasteiger partial charge in [-0.25, -0.2) is 4.39 Å². The summed E-state index contributed by atoms with van der Waals surface area (Å²) in [4.78, 5) is 10.2. The summed E-state index contributed by atoms with van der Waals surface area (Å²) in [5.74, 6) is -0.412. The van der Waals surface area contributed by atoms with E-state index in [-0.39, 0.29) is 0 Å². The Kier molecular flexibility index (Phi) is 2.16. The Morgan fingerprint density at radius 2 is 2.18 bits per heavy atom.